The predicted molar refractivity (Wildman–Crippen MR) is 141 cm³/mol. The van der Waals surface area contributed by atoms with Crippen LogP contribution in [0, 0.1) is 5.92 Å². The van der Waals surface area contributed by atoms with Crippen LogP contribution in [0.15, 0.2) is 30.5 Å². The van der Waals surface area contributed by atoms with Crippen LogP contribution in [0.5, 0.6) is 0 Å². The topological polar surface area (TPSA) is 102 Å². The molecule has 2 fully saturated rings. The first kappa shape index (κ1) is 25.0. The number of rotatable bonds is 7. The predicted octanol–water partition coefficient (Wildman–Crippen LogP) is 0.971. The molecular weight excluding hydrogens is 441 g/mol. The number of piperazine rings is 1. The van der Waals surface area contributed by atoms with Crippen molar-refractivity contribution in [2.45, 2.75) is 45.2 Å². The van der Waals surface area contributed by atoms with Crippen LogP contribution in [0.1, 0.15) is 43.5 Å². The van der Waals surface area contributed by atoms with Gasteiger partial charge in [0.1, 0.15) is 13.7 Å². The van der Waals surface area contributed by atoms with Crippen molar-refractivity contribution in [3.05, 3.63) is 36.0 Å². The van der Waals surface area contributed by atoms with Crippen LogP contribution in [0.3, 0.4) is 0 Å². The third-order valence-electron chi connectivity index (χ3n) is 6.76. The van der Waals surface area contributed by atoms with Gasteiger partial charge in [-0.1, -0.05) is 6.42 Å². The first-order chi connectivity index (χ1) is 16.8. The van der Waals surface area contributed by atoms with Gasteiger partial charge in [0.15, 0.2) is 0 Å². The maximum absolute atomic E-state index is 12.8. The summed E-state index contributed by atoms with van der Waals surface area (Å²) in [6.07, 6.45) is 4.61. The van der Waals surface area contributed by atoms with Gasteiger partial charge in [0, 0.05) is 55.7 Å². The molecule has 10 heteroatoms. The van der Waals surface area contributed by atoms with Crippen molar-refractivity contribution in [1.82, 2.24) is 25.1 Å². The summed E-state index contributed by atoms with van der Waals surface area (Å²) in [7, 11) is 4.04. The second-order valence-electron chi connectivity index (χ2n) is 9.97. The van der Waals surface area contributed by atoms with E-state index in [0.717, 1.165) is 62.4 Å². The molecule has 2 aromatic rings. The summed E-state index contributed by atoms with van der Waals surface area (Å²) in [5, 5.41) is 9.77. The van der Waals surface area contributed by atoms with E-state index in [1.54, 1.807) is 6.20 Å². The van der Waals surface area contributed by atoms with Crippen LogP contribution in [0.2, 0.25) is 0 Å². The molecule has 9 nitrogen and oxygen atoms in total. The normalized spacial score (nSPS) is 20.6. The fraction of sp³-hybridized carbons (Fsp3) is 0.520. The molecule has 3 N–H and O–H groups in total. The molecule has 1 saturated carbocycles. The molecule has 35 heavy (non-hydrogen) atoms. The van der Waals surface area contributed by atoms with Gasteiger partial charge in [-0.3, -0.25) is 9.59 Å². The number of hydrogen-bond acceptors (Lipinski definition) is 7. The average Bonchev–Trinajstić information content (AvgIpc) is 3.30. The van der Waals surface area contributed by atoms with Gasteiger partial charge in [0.2, 0.25) is 11.9 Å². The molecule has 0 spiro atoms. The van der Waals surface area contributed by atoms with Gasteiger partial charge in [0.25, 0.3) is 5.91 Å². The lowest BCUT2D eigenvalue weighted by atomic mass is 9.97. The summed E-state index contributed by atoms with van der Waals surface area (Å²) in [4.78, 5) is 38.6. The Hall–Kier alpha value is -3.14. The Labute approximate surface area is 208 Å². The Morgan fingerprint density at radius 3 is 2.49 bits per heavy atom. The van der Waals surface area contributed by atoms with Crippen LogP contribution >= 0.6 is 0 Å². The third-order valence-corrected chi connectivity index (χ3v) is 6.76. The second kappa shape index (κ2) is 11.1. The summed E-state index contributed by atoms with van der Waals surface area (Å²) in [6.45, 7) is 7.27. The molecule has 186 valence electrons. The lowest BCUT2D eigenvalue weighted by molar-refractivity contribution is -0.125. The lowest BCUT2D eigenvalue weighted by Gasteiger charge is -2.32. The van der Waals surface area contributed by atoms with Crippen LogP contribution < -0.4 is 21.4 Å². The fourth-order valence-electron chi connectivity index (χ4n) is 4.68. The average molecular weight is 477 g/mol. The van der Waals surface area contributed by atoms with Gasteiger partial charge < -0.3 is 25.8 Å². The van der Waals surface area contributed by atoms with E-state index >= 15 is 0 Å². The maximum atomic E-state index is 12.8. The van der Waals surface area contributed by atoms with Gasteiger partial charge in [0.05, 0.1) is 5.92 Å². The van der Waals surface area contributed by atoms with Gasteiger partial charge in [-0.05, 0) is 63.5 Å². The number of anilines is 3. The van der Waals surface area contributed by atoms with E-state index in [2.05, 4.69) is 37.9 Å². The van der Waals surface area contributed by atoms with Crippen molar-refractivity contribution in [3.63, 3.8) is 0 Å². The molecule has 2 heterocycles. The molecule has 1 aromatic heterocycles. The zero-order valence-electron chi connectivity index (χ0n) is 21.2. The van der Waals surface area contributed by atoms with Crippen LogP contribution in [0.25, 0.3) is 0 Å². The molecule has 2 aliphatic rings. The minimum atomic E-state index is -0.0615. The Morgan fingerprint density at radius 1 is 1.09 bits per heavy atom. The highest BCUT2D eigenvalue weighted by Crippen LogP contribution is 2.28. The van der Waals surface area contributed by atoms with E-state index in [-0.39, 0.29) is 29.8 Å². The van der Waals surface area contributed by atoms with E-state index in [0.29, 0.717) is 11.5 Å². The van der Waals surface area contributed by atoms with E-state index in [1.807, 2.05) is 50.9 Å². The Balaban J connectivity index is 1.40. The number of benzene rings is 1. The van der Waals surface area contributed by atoms with Crippen LogP contribution in [-0.4, -0.2) is 84.7 Å². The summed E-state index contributed by atoms with van der Waals surface area (Å²) in [5.74, 6) is 1.31. The van der Waals surface area contributed by atoms with E-state index in [9.17, 15) is 9.59 Å². The van der Waals surface area contributed by atoms with Crippen molar-refractivity contribution in [2.75, 3.05) is 43.9 Å². The van der Waals surface area contributed by atoms with Crippen molar-refractivity contribution in [3.8, 4) is 0 Å². The zero-order valence-corrected chi connectivity index (χ0v) is 21.2. The molecular formula is C25H36BN7O2. The molecule has 0 radical (unpaired) electrons. The Morgan fingerprint density at radius 2 is 1.80 bits per heavy atom. The van der Waals surface area contributed by atoms with Crippen molar-refractivity contribution >= 4 is 42.6 Å². The van der Waals surface area contributed by atoms with Crippen LogP contribution in [-0.2, 0) is 4.79 Å². The standard InChI is InChI=1S/C25H36BN7O2/c1-16(2)28-23(34)19-5-4-6-21(19)30-22-20(26)15-27-25(31-22)29-18-9-7-17(8-10-18)24(35)33-13-11-32(3)12-14-33/h7-10,15-16,19,21H,4-6,11-14,26H2,1-3H3,(H,28,34)(H2,27,29,30,31)/t19-,21+/m0/s1. The number of carbonyl (C=O) groups is 2. The molecule has 2 amide bonds. The van der Waals surface area contributed by atoms with Crippen molar-refractivity contribution in [2.24, 2.45) is 5.92 Å². The van der Waals surface area contributed by atoms with Gasteiger partial charge >= 0.3 is 0 Å². The molecule has 1 aliphatic heterocycles. The molecule has 4 rings (SSSR count). The summed E-state index contributed by atoms with van der Waals surface area (Å²) in [6, 6.07) is 7.62. The van der Waals surface area contributed by atoms with Crippen molar-refractivity contribution in [1.29, 1.82) is 0 Å². The number of nitrogens with one attached hydrogen (secondary N) is 3. The number of amides is 2. The third kappa shape index (κ3) is 6.30. The minimum absolute atomic E-state index is 0.0510. The van der Waals surface area contributed by atoms with Gasteiger partial charge in [-0.2, -0.15) is 4.98 Å². The first-order valence-corrected chi connectivity index (χ1v) is 12.6. The molecule has 1 aromatic carbocycles. The monoisotopic (exact) mass is 477 g/mol. The molecule has 2 atom stereocenters. The molecule has 0 unspecified atom stereocenters. The molecule has 0 bridgehead atoms. The lowest BCUT2D eigenvalue weighted by Crippen LogP contribution is -2.47. The Kier molecular flexibility index (Phi) is 7.90. The number of hydrogen-bond donors (Lipinski definition) is 3. The molecule has 1 aliphatic carbocycles. The van der Waals surface area contributed by atoms with Gasteiger partial charge in [-0.15, -0.1) is 0 Å². The zero-order chi connectivity index (χ0) is 24.9. The van der Waals surface area contributed by atoms with Crippen molar-refractivity contribution < 1.29 is 9.59 Å². The quantitative estimate of drug-likeness (QED) is 0.511. The maximum Gasteiger partial charge on any atom is 0.253 e. The molecule has 1 saturated heterocycles. The number of carbonyl (C=O) groups excluding carboxylic acids is 2. The van der Waals surface area contributed by atoms with E-state index in [4.69, 9.17) is 0 Å². The number of nitrogens with zero attached hydrogens (tertiary/aromatic N) is 4. The van der Waals surface area contributed by atoms with E-state index < -0.39 is 0 Å². The highest BCUT2D eigenvalue weighted by Gasteiger charge is 2.33. The first-order valence-electron chi connectivity index (χ1n) is 12.6. The summed E-state index contributed by atoms with van der Waals surface area (Å²) in [5.41, 5.74) is 2.42. The minimum Gasteiger partial charge on any atom is -0.367 e. The fourth-order valence-corrected chi connectivity index (χ4v) is 4.68. The SMILES string of the molecule is Bc1cnc(Nc2ccc(C(=O)N3CCN(C)CC3)cc2)nc1N[C@@H]1CCC[C@@H]1C(=O)NC(C)C. The largest absolute Gasteiger partial charge is 0.367 e. The Bertz CT molecular complexity index is 1040. The second-order valence-corrected chi connectivity index (χ2v) is 9.97. The van der Waals surface area contributed by atoms with Gasteiger partial charge in [-0.25, -0.2) is 4.98 Å². The number of aromatic nitrogens is 2. The summed E-state index contributed by atoms with van der Waals surface area (Å²) < 4.78 is 0. The number of likely N-dealkylation sites (N-methyl/N-ethyl adjacent to an activating group) is 1. The highest BCUT2D eigenvalue weighted by atomic mass is 16.2. The van der Waals surface area contributed by atoms with E-state index in [1.165, 1.54) is 0 Å². The van der Waals surface area contributed by atoms with Crippen LogP contribution in [0.4, 0.5) is 17.5 Å². The smallest absolute Gasteiger partial charge is 0.253 e. The highest BCUT2D eigenvalue weighted by molar-refractivity contribution is 6.35. The summed E-state index contributed by atoms with van der Waals surface area (Å²) >= 11 is 0.